The molecule has 0 saturated heterocycles. The van der Waals surface area contributed by atoms with Gasteiger partial charge in [-0.15, -0.1) is 0 Å². The number of nitrogens with one attached hydrogen (secondary N) is 2. The Kier molecular flexibility index (Phi) is 7.30. The van der Waals surface area contributed by atoms with E-state index >= 15 is 0 Å². The molecule has 0 aliphatic rings. The van der Waals surface area contributed by atoms with E-state index in [2.05, 4.69) is 14.9 Å². The molecule has 0 aliphatic carbocycles. The third-order valence-electron chi connectivity index (χ3n) is 6.00. The Labute approximate surface area is 223 Å². The topological polar surface area (TPSA) is 132 Å². The maximum Gasteiger partial charge on any atom is 0.255 e. The van der Waals surface area contributed by atoms with Gasteiger partial charge in [-0.2, -0.15) is 0 Å². The first-order chi connectivity index (χ1) is 18.3. The SMILES string of the molecule is Nc1cc(Cn2c(CONS(=O)(=O)Cc3ccccc3)c(-c3ccc[nH]c3=O)c3cc(Cl)ccc32)ccn1. The van der Waals surface area contributed by atoms with E-state index in [1.54, 1.807) is 67.0 Å². The maximum absolute atomic E-state index is 12.9. The van der Waals surface area contributed by atoms with Gasteiger partial charge in [0.25, 0.3) is 5.56 Å². The number of hydrogen-bond acceptors (Lipinski definition) is 6. The number of rotatable bonds is 9. The number of nitrogens with zero attached hydrogens (tertiary/aromatic N) is 2. The van der Waals surface area contributed by atoms with Gasteiger partial charge in [0, 0.05) is 46.0 Å². The van der Waals surface area contributed by atoms with Gasteiger partial charge in [-0.05, 0) is 53.6 Å². The molecule has 4 N–H and O–H groups in total. The van der Waals surface area contributed by atoms with Crippen LogP contribution in [0.1, 0.15) is 16.8 Å². The molecule has 194 valence electrons. The minimum Gasteiger partial charge on any atom is -0.384 e. The van der Waals surface area contributed by atoms with Crippen molar-refractivity contribution in [3.63, 3.8) is 0 Å². The molecule has 0 aliphatic heterocycles. The number of anilines is 1. The smallest absolute Gasteiger partial charge is 0.255 e. The largest absolute Gasteiger partial charge is 0.384 e. The van der Waals surface area contributed by atoms with E-state index in [1.807, 2.05) is 22.8 Å². The average Bonchev–Trinajstić information content (AvgIpc) is 3.16. The Morgan fingerprint density at radius 2 is 1.84 bits per heavy atom. The second-order valence-electron chi connectivity index (χ2n) is 8.69. The fourth-order valence-corrected chi connectivity index (χ4v) is 5.52. The second kappa shape index (κ2) is 10.8. The number of nitrogen functional groups attached to an aromatic ring is 1. The molecule has 9 nitrogen and oxygen atoms in total. The fraction of sp³-hybridized carbons (Fsp3) is 0.111. The minimum atomic E-state index is -3.80. The van der Waals surface area contributed by atoms with E-state index in [1.165, 1.54) is 0 Å². The molecule has 0 unspecified atom stereocenters. The summed E-state index contributed by atoms with van der Waals surface area (Å²) < 4.78 is 27.3. The highest BCUT2D eigenvalue weighted by atomic mass is 35.5. The number of pyridine rings is 2. The lowest BCUT2D eigenvalue weighted by molar-refractivity contribution is 0.0758. The lowest BCUT2D eigenvalue weighted by Crippen LogP contribution is -2.26. The second-order valence-corrected chi connectivity index (χ2v) is 10.8. The monoisotopic (exact) mass is 549 g/mol. The molecule has 38 heavy (non-hydrogen) atoms. The van der Waals surface area contributed by atoms with Crippen LogP contribution in [0, 0.1) is 0 Å². The summed E-state index contributed by atoms with van der Waals surface area (Å²) in [6.07, 6.45) is 3.16. The van der Waals surface area contributed by atoms with Crippen LogP contribution in [0.25, 0.3) is 22.0 Å². The van der Waals surface area contributed by atoms with Gasteiger partial charge >= 0.3 is 0 Å². The van der Waals surface area contributed by atoms with Gasteiger partial charge in [0.2, 0.25) is 10.0 Å². The average molecular weight is 550 g/mol. The molecule has 0 saturated carbocycles. The van der Waals surface area contributed by atoms with E-state index in [4.69, 9.17) is 22.2 Å². The maximum atomic E-state index is 12.9. The van der Waals surface area contributed by atoms with Crippen molar-refractivity contribution in [2.45, 2.75) is 18.9 Å². The van der Waals surface area contributed by atoms with Crippen molar-refractivity contribution in [3.05, 3.63) is 117 Å². The van der Waals surface area contributed by atoms with Crippen molar-refractivity contribution >= 4 is 38.3 Å². The lowest BCUT2D eigenvalue weighted by Gasteiger charge is -2.14. The zero-order valence-corrected chi connectivity index (χ0v) is 21.7. The van der Waals surface area contributed by atoms with Gasteiger partial charge in [-0.1, -0.05) is 46.8 Å². The van der Waals surface area contributed by atoms with Crippen LogP contribution in [0.2, 0.25) is 5.02 Å². The number of hydrogen-bond donors (Lipinski definition) is 3. The Bertz CT molecular complexity index is 1770. The molecule has 0 spiro atoms. The number of H-pyrrole nitrogens is 1. The Balaban J connectivity index is 1.58. The van der Waals surface area contributed by atoms with E-state index in [9.17, 15) is 13.2 Å². The summed E-state index contributed by atoms with van der Waals surface area (Å²) in [4.78, 5) is 27.4. The molecule has 5 aromatic rings. The molecule has 5 rings (SSSR count). The van der Waals surface area contributed by atoms with Crippen LogP contribution in [-0.2, 0) is 33.8 Å². The number of halogens is 1. The molecule has 0 radical (unpaired) electrons. The van der Waals surface area contributed by atoms with E-state index in [0.29, 0.717) is 39.8 Å². The predicted molar refractivity (Wildman–Crippen MR) is 148 cm³/mol. The van der Waals surface area contributed by atoms with Crippen LogP contribution < -0.4 is 16.2 Å². The van der Waals surface area contributed by atoms with Crippen LogP contribution in [0.4, 0.5) is 5.82 Å². The fourth-order valence-electron chi connectivity index (χ4n) is 4.42. The zero-order valence-electron chi connectivity index (χ0n) is 20.1. The summed E-state index contributed by atoms with van der Waals surface area (Å²) >= 11 is 6.36. The van der Waals surface area contributed by atoms with E-state index in [-0.39, 0.29) is 17.9 Å². The third-order valence-corrected chi connectivity index (χ3v) is 7.32. The third kappa shape index (κ3) is 5.63. The summed E-state index contributed by atoms with van der Waals surface area (Å²) in [6, 6.07) is 21.2. The van der Waals surface area contributed by atoms with E-state index < -0.39 is 10.0 Å². The molecule has 11 heteroatoms. The van der Waals surface area contributed by atoms with Gasteiger partial charge in [-0.3, -0.25) is 9.63 Å². The van der Waals surface area contributed by atoms with Crippen molar-refractivity contribution < 1.29 is 13.3 Å². The lowest BCUT2D eigenvalue weighted by atomic mass is 10.0. The summed E-state index contributed by atoms with van der Waals surface area (Å²) in [5.74, 6) is 0.127. The van der Waals surface area contributed by atoms with Crippen LogP contribution >= 0.6 is 11.6 Å². The number of sulfonamides is 1. The number of aromatic nitrogens is 3. The first-order valence-corrected chi connectivity index (χ1v) is 13.7. The Morgan fingerprint density at radius 3 is 2.61 bits per heavy atom. The van der Waals surface area contributed by atoms with Gasteiger partial charge in [0.1, 0.15) is 12.4 Å². The van der Waals surface area contributed by atoms with Crippen molar-refractivity contribution in [2.75, 3.05) is 5.73 Å². The summed E-state index contributed by atoms with van der Waals surface area (Å²) in [5, 5.41) is 1.22. The van der Waals surface area contributed by atoms with Gasteiger partial charge < -0.3 is 15.3 Å². The number of nitrogens with two attached hydrogens (primary N) is 1. The quantitative estimate of drug-likeness (QED) is 0.236. The van der Waals surface area contributed by atoms with Crippen LogP contribution in [0.15, 0.2) is 90.0 Å². The van der Waals surface area contributed by atoms with Crippen molar-refractivity contribution in [1.29, 1.82) is 0 Å². The zero-order chi connectivity index (χ0) is 26.7. The number of benzene rings is 2. The van der Waals surface area contributed by atoms with Crippen LogP contribution in [0.5, 0.6) is 0 Å². The highest BCUT2D eigenvalue weighted by molar-refractivity contribution is 7.88. The van der Waals surface area contributed by atoms with Gasteiger partial charge in [-0.25, -0.2) is 13.4 Å². The molecular weight excluding hydrogens is 526 g/mol. The van der Waals surface area contributed by atoms with Crippen molar-refractivity contribution in [1.82, 2.24) is 19.4 Å². The van der Waals surface area contributed by atoms with Gasteiger partial charge in [0.15, 0.2) is 0 Å². The first kappa shape index (κ1) is 25.7. The molecule has 0 amide bonds. The summed E-state index contributed by atoms with van der Waals surface area (Å²) in [5.41, 5.74) is 9.45. The highest BCUT2D eigenvalue weighted by Gasteiger charge is 2.22. The van der Waals surface area contributed by atoms with E-state index in [0.717, 1.165) is 16.5 Å². The number of fused-ring (bicyclic) bond motifs is 1. The van der Waals surface area contributed by atoms with Gasteiger partial charge in [0.05, 0.1) is 11.4 Å². The standard InChI is InChI=1S/C27H24ClN5O4S/c28-20-8-9-23-22(14-20)26(21-7-4-11-31-27(21)34)24(33(23)15-19-10-12-30-25(29)13-19)16-37-32-38(35,36)17-18-5-2-1-3-6-18/h1-14,32H,15-17H2,(H2,29,30)(H,31,34). The molecular formula is C27H24ClN5O4S. The Morgan fingerprint density at radius 1 is 1.03 bits per heavy atom. The number of aromatic amines is 1. The molecule has 0 fully saturated rings. The summed E-state index contributed by atoms with van der Waals surface area (Å²) in [6.45, 7) is 0.204. The normalized spacial score (nSPS) is 11.7. The van der Waals surface area contributed by atoms with Crippen molar-refractivity contribution in [2.24, 2.45) is 0 Å². The van der Waals surface area contributed by atoms with Crippen LogP contribution in [-0.4, -0.2) is 23.0 Å². The van der Waals surface area contributed by atoms with Crippen molar-refractivity contribution in [3.8, 4) is 11.1 Å². The molecule has 2 aromatic carbocycles. The highest BCUT2D eigenvalue weighted by Crippen LogP contribution is 2.36. The van der Waals surface area contributed by atoms with Crippen LogP contribution in [0.3, 0.4) is 0 Å². The molecule has 0 atom stereocenters. The minimum absolute atomic E-state index is 0.162. The predicted octanol–water partition coefficient (Wildman–Crippen LogP) is 4.23. The molecule has 3 aromatic heterocycles. The first-order valence-electron chi connectivity index (χ1n) is 11.6. The summed E-state index contributed by atoms with van der Waals surface area (Å²) in [7, 11) is -3.80. The molecule has 3 heterocycles. The Hall–Kier alpha value is -3.96. The molecule has 0 bridgehead atoms.